The Hall–Kier alpha value is -4.14. The lowest BCUT2D eigenvalue weighted by atomic mass is 9.98. The number of hydrogen-bond donors (Lipinski definition) is 2. The molecule has 0 saturated carbocycles. The van der Waals surface area contributed by atoms with Gasteiger partial charge in [0.15, 0.2) is 5.69 Å². The number of nitrogens with one attached hydrogen (secondary N) is 1. The molecule has 4 rings (SSSR count). The monoisotopic (exact) mass is 463 g/mol. The first kappa shape index (κ1) is 23.0. The van der Waals surface area contributed by atoms with E-state index in [1.807, 2.05) is 55.5 Å². The molecule has 9 heteroatoms. The van der Waals surface area contributed by atoms with Crippen molar-refractivity contribution in [2.45, 2.75) is 32.2 Å². The van der Waals surface area contributed by atoms with Crippen molar-refractivity contribution in [3.8, 4) is 11.1 Å². The van der Waals surface area contributed by atoms with Crippen molar-refractivity contribution in [3.63, 3.8) is 0 Å². The first-order valence-corrected chi connectivity index (χ1v) is 11.0. The highest BCUT2D eigenvalue weighted by atomic mass is 16.6. The maximum absolute atomic E-state index is 12.7. The summed E-state index contributed by atoms with van der Waals surface area (Å²) in [5, 5.41) is 15.2. The highest BCUT2D eigenvalue weighted by molar-refractivity contribution is 5.95. The third kappa shape index (κ3) is 4.63. The molecular weight excluding hydrogens is 438 g/mol. The second-order valence-electron chi connectivity index (χ2n) is 8.11. The second-order valence-corrected chi connectivity index (χ2v) is 8.11. The van der Waals surface area contributed by atoms with E-state index in [1.54, 1.807) is 6.92 Å². The molecule has 176 valence electrons. The lowest BCUT2D eigenvalue weighted by Crippen LogP contribution is -2.42. The predicted octanol–water partition coefficient (Wildman–Crippen LogP) is 4.36. The fourth-order valence-corrected chi connectivity index (χ4v) is 4.11. The summed E-state index contributed by atoms with van der Waals surface area (Å²) in [6.45, 7) is 3.26. The molecule has 1 aliphatic rings. The zero-order valence-electron chi connectivity index (χ0n) is 18.9. The van der Waals surface area contributed by atoms with Crippen molar-refractivity contribution in [1.82, 2.24) is 10.1 Å². The molecule has 1 atom stereocenters. The maximum Gasteiger partial charge on any atom is 0.414 e. The van der Waals surface area contributed by atoms with E-state index in [0.717, 1.165) is 22.3 Å². The molecule has 1 aromatic heterocycles. The third-order valence-electron chi connectivity index (χ3n) is 5.99. The van der Waals surface area contributed by atoms with Crippen molar-refractivity contribution in [2.24, 2.45) is 0 Å². The number of aliphatic carboxylic acids is 1. The number of aromatic nitrogens is 1. The standard InChI is InChI=1S/C25H25N3O6/c1-3-15(2)28(13-23(29)30)24(31)21-12-22(34-27-21)26-25(32)33-14-20-18-10-6-4-8-16(18)17-9-5-7-11-19(17)20/h4-12,15,20H,3,13-14H2,1-2H3,(H,26,32)(H,29,30). The van der Waals surface area contributed by atoms with E-state index in [2.05, 4.69) is 10.5 Å². The largest absolute Gasteiger partial charge is 0.480 e. The van der Waals surface area contributed by atoms with Gasteiger partial charge in [-0.2, -0.15) is 0 Å². The van der Waals surface area contributed by atoms with Crippen molar-refractivity contribution >= 4 is 23.9 Å². The fraction of sp³-hybridized carbons (Fsp3) is 0.280. The van der Waals surface area contributed by atoms with Crippen molar-refractivity contribution in [1.29, 1.82) is 0 Å². The van der Waals surface area contributed by atoms with Gasteiger partial charge in [0.05, 0.1) is 0 Å². The first-order valence-electron chi connectivity index (χ1n) is 11.0. The zero-order valence-corrected chi connectivity index (χ0v) is 18.9. The number of benzene rings is 2. The van der Waals surface area contributed by atoms with Gasteiger partial charge in [0, 0.05) is 18.0 Å². The third-order valence-corrected chi connectivity index (χ3v) is 5.99. The van der Waals surface area contributed by atoms with E-state index < -0.39 is 24.5 Å². The number of carboxylic acids is 1. The zero-order chi connectivity index (χ0) is 24.2. The minimum Gasteiger partial charge on any atom is -0.480 e. The molecule has 34 heavy (non-hydrogen) atoms. The molecule has 3 aromatic rings. The first-order chi connectivity index (χ1) is 16.4. The van der Waals surface area contributed by atoms with Crippen LogP contribution in [0, 0.1) is 0 Å². The number of carboxylic acid groups (broad SMARTS) is 1. The Morgan fingerprint density at radius 1 is 1.12 bits per heavy atom. The van der Waals surface area contributed by atoms with E-state index in [-0.39, 0.29) is 30.1 Å². The average molecular weight is 463 g/mol. The smallest absolute Gasteiger partial charge is 0.414 e. The van der Waals surface area contributed by atoms with Gasteiger partial charge in [-0.25, -0.2) is 4.79 Å². The predicted molar refractivity (Wildman–Crippen MR) is 124 cm³/mol. The van der Waals surface area contributed by atoms with Gasteiger partial charge >= 0.3 is 12.1 Å². The van der Waals surface area contributed by atoms with Crippen LogP contribution < -0.4 is 5.32 Å². The molecule has 2 aromatic carbocycles. The van der Waals surface area contributed by atoms with Gasteiger partial charge in [-0.15, -0.1) is 0 Å². The molecular formula is C25H25N3O6. The van der Waals surface area contributed by atoms with Crippen molar-refractivity contribution < 1.29 is 28.8 Å². The van der Waals surface area contributed by atoms with E-state index >= 15 is 0 Å². The summed E-state index contributed by atoms with van der Waals surface area (Å²) < 4.78 is 10.5. The Kier molecular flexibility index (Phi) is 6.62. The Bertz CT molecular complexity index is 1180. The Morgan fingerprint density at radius 2 is 1.74 bits per heavy atom. The summed E-state index contributed by atoms with van der Waals surface area (Å²) in [7, 11) is 0. The van der Waals surface area contributed by atoms with Crippen LogP contribution in [0.2, 0.25) is 0 Å². The summed E-state index contributed by atoms with van der Waals surface area (Å²) in [5.41, 5.74) is 4.33. The van der Waals surface area contributed by atoms with E-state index in [9.17, 15) is 14.4 Å². The lowest BCUT2D eigenvalue weighted by Gasteiger charge is -2.25. The minimum absolute atomic E-state index is 0.0694. The van der Waals surface area contributed by atoms with Crippen LogP contribution in [0.3, 0.4) is 0 Å². The average Bonchev–Trinajstić information content (AvgIpc) is 3.43. The van der Waals surface area contributed by atoms with Crippen LogP contribution in [0.1, 0.15) is 47.8 Å². The van der Waals surface area contributed by atoms with Crippen molar-refractivity contribution in [3.05, 3.63) is 71.4 Å². The summed E-state index contributed by atoms with van der Waals surface area (Å²) >= 11 is 0. The highest BCUT2D eigenvalue weighted by Gasteiger charge is 2.29. The molecule has 0 saturated heterocycles. The maximum atomic E-state index is 12.7. The number of carbonyl (C=O) groups is 3. The molecule has 0 radical (unpaired) electrons. The molecule has 1 aliphatic carbocycles. The summed E-state index contributed by atoms with van der Waals surface area (Å²) in [6, 6.07) is 17.0. The van der Waals surface area contributed by atoms with Crippen LogP contribution in [0.5, 0.6) is 0 Å². The van der Waals surface area contributed by atoms with E-state index in [0.29, 0.717) is 6.42 Å². The van der Waals surface area contributed by atoms with Crippen LogP contribution in [-0.4, -0.2) is 52.3 Å². The molecule has 9 nitrogen and oxygen atoms in total. The number of rotatable bonds is 8. The SMILES string of the molecule is CCC(C)N(CC(=O)O)C(=O)c1cc(NC(=O)OCC2c3ccccc3-c3ccccc32)on1. The van der Waals surface area contributed by atoms with Crippen LogP contribution in [-0.2, 0) is 9.53 Å². The van der Waals surface area contributed by atoms with Crippen molar-refractivity contribution in [2.75, 3.05) is 18.5 Å². The van der Waals surface area contributed by atoms with Gasteiger partial charge in [-0.3, -0.25) is 14.9 Å². The van der Waals surface area contributed by atoms with Gasteiger partial charge in [-0.05, 0) is 35.6 Å². The normalized spacial score (nSPS) is 13.0. The quantitative estimate of drug-likeness (QED) is 0.509. The minimum atomic E-state index is -1.13. The number of carbonyl (C=O) groups excluding carboxylic acids is 2. The van der Waals surface area contributed by atoms with Crippen LogP contribution in [0.15, 0.2) is 59.1 Å². The Morgan fingerprint density at radius 3 is 2.32 bits per heavy atom. The van der Waals surface area contributed by atoms with Crippen LogP contribution in [0.25, 0.3) is 11.1 Å². The van der Waals surface area contributed by atoms with Gasteiger partial charge in [0.2, 0.25) is 5.88 Å². The molecule has 0 bridgehead atoms. The van der Waals surface area contributed by atoms with E-state index in [4.69, 9.17) is 14.4 Å². The summed E-state index contributed by atoms with van der Waals surface area (Å²) in [5.74, 6) is -1.89. The summed E-state index contributed by atoms with van der Waals surface area (Å²) in [6.07, 6.45) is -0.178. The molecule has 2 amide bonds. The molecule has 0 spiro atoms. The molecule has 2 N–H and O–H groups in total. The molecule has 0 fully saturated rings. The number of nitrogens with zero attached hydrogens (tertiary/aromatic N) is 2. The molecule has 1 unspecified atom stereocenters. The topological polar surface area (TPSA) is 122 Å². The van der Waals surface area contributed by atoms with Crippen LogP contribution >= 0.6 is 0 Å². The number of amides is 2. The van der Waals surface area contributed by atoms with Gasteiger partial charge in [-0.1, -0.05) is 60.6 Å². The van der Waals surface area contributed by atoms with Gasteiger partial charge < -0.3 is 19.3 Å². The Balaban J connectivity index is 1.40. The van der Waals surface area contributed by atoms with Gasteiger partial charge in [0.25, 0.3) is 5.91 Å². The van der Waals surface area contributed by atoms with E-state index in [1.165, 1.54) is 11.0 Å². The number of anilines is 1. The number of ether oxygens (including phenoxy) is 1. The highest BCUT2D eigenvalue weighted by Crippen LogP contribution is 2.44. The molecule has 1 heterocycles. The second kappa shape index (κ2) is 9.78. The summed E-state index contributed by atoms with van der Waals surface area (Å²) in [4.78, 5) is 37.5. The lowest BCUT2D eigenvalue weighted by molar-refractivity contribution is -0.138. The van der Waals surface area contributed by atoms with Gasteiger partial charge in [0.1, 0.15) is 13.2 Å². The number of fused-ring (bicyclic) bond motifs is 3. The molecule has 0 aliphatic heterocycles. The van der Waals surface area contributed by atoms with Crippen LogP contribution in [0.4, 0.5) is 10.7 Å². The Labute approximate surface area is 196 Å². The number of hydrogen-bond acceptors (Lipinski definition) is 6. The fourth-order valence-electron chi connectivity index (χ4n) is 4.11.